The Labute approximate surface area is 187 Å². The van der Waals surface area contributed by atoms with Crippen LogP contribution in [0.15, 0.2) is 48.8 Å². The highest BCUT2D eigenvalue weighted by Gasteiger charge is 2.50. The van der Waals surface area contributed by atoms with Crippen LogP contribution >= 0.6 is 0 Å². The first-order chi connectivity index (χ1) is 15.5. The molecule has 1 amide bonds. The number of fused-ring (bicyclic) bond motifs is 2. The first kappa shape index (κ1) is 22.1. The monoisotopic (exact) mass is 436 g/mol. The Bertz CT molecular complexity index is 962. The molecule has 3 heterocycles. The van der Waals surface area contributed by atoms with Crippen LogP contribution in [0.4, 0.5) is 4.79 Å². The minimum Gasteiger partial charge on any atom is -0.491 e. The van der Waals surface area contributed by atoms with E-state index < -0.39 is 12.2 Å². The molecule has 8 heteroatoms. The number of ether oxygens (including phenoxy) is 1. The smallest absolute Gasteiger partial charge is 0.407 e. The summed E-state index contributed by atoms with van der Waals surface area (Å²) in [7, 11) is 0. The van der Waals surface area contributed by atoms with E-state index in [4.69, 9.17) is 10.00 Å². The van der Waals surface area contributed by atoms with Crippen molar-refractivity contribution in [1.82, 2.24) is 14.8 Å². The summed E-state index contributed by atoms with van der Waals surface area (Å²) in [6.45, 7) is 3.07. The average Bonchev–Trinajstić information content (AvgIpc) is 3.07. The number of aliphatic hydroxyl groups excluding tert-OH is 1. The highest BCUT2D eigenvalue weighted by molar-refractivity contribution is 5.66. The maximum Gasteiger partial charge on any atom is 0.407 e. The van der Waals surface area contributed by atoms with Crippen molar-refractivity contribution in [2.45, 2.75) is 49.9 Å². The molecule has 1 aromatic carbocycles. The summed E-state index contributed by atoms with van der Waals surface area (Å²) in [5, 5.41) is 29.5. The zero-order valence-electron chi connectivity index (χ0n) is 18.0. The van der Waals surface area contributed by atoms with Crippen LogP contribution in [0.25, 0.3) is 0 Å². The van der Waals surface area contributed by atoms with E-state index in [1.165, 1.54) is 0 Å². The SMILES string of the molecule is CC(c1ccncc1)C1C2CCC(CN1C(=O)O)N2CC(O)COc1ccc(C#N)cc1. The fourth-order valence-electron chi connectivity index (χ4n) is 5.16. The van der Waals surface area contributed by atoms with Gasteiger partial charge >= 0.3 is 6.09 Å². The topological polar surface area (TPSA) is 110 Å². The summed E-state index contributed by atoms with van der Waals surface area (Å²) in [5.41, 5.74) is 1.62. The van der Waals surface area contributed by atoms with Crippen molar-refractivity contribution in [3.05, 3.63) is 59.9 Å². The van der Waals surface area contributed by atoms with Gasteiger partial charge in [0.2, 0.25) is 0 Å². The standard InChI is InChI=1S/C24H28N4O4/c1-16(18-8-10-26-11-9-18)23-22-7-4-19(13-28(23)24(30)31)27(22)14-20(29)15-32-21-5-2-17(12-25)3-6-21/h2-3,5-6,8-11,16,19-20,22-23,29H,4,7,13-15H2,1H3,(H,30,31). The number of piperazine rings is 1. The molecule has 2 bridgehead atoms. The molecular weight excluding hydrogens is 408 g/mol. The number of hydrogen-bond donors (Lipinski definition) is 2. The molecule has 4 rings (SSSR count). The van der Waals surface area contributed by atoms with Gasteiger partial charge in [-0.15, -0.1) is 0 Å². The van der Waals surface area contributed by atoms with Gasteiger partial charge in [-0.25, -0.2) is 4.79 Å². The first-order valence-corrected chi connectivity index (χ1v) is 10.9. The molecule has 32 heavy (non-hydrogen) atoms. The largest absolute Gasteiger partial charge is 0.491 e. The van der Waals surface area contributed by atoms with Gasteiger partial charge in [0.05, 0.1) is 17.7 Å². The normalized spacial score (nSPS) is 24.5. The van der Waals surface area contributed by atoms with E-state index in [0.29, 0.717) is 24.4 Å². The number of benzene rings is 1. The molecular formula is C24H28N4O4. The van der Waals surface area contributed by atoms with Crippen molar-refractivity contribution >= 4 is 6.09 Å². The van der Waals surface area contributed by atoms with E-state index >= 15 is 0 Å². The maximum atomic E-state index is 12.1. The zero-order valence-corrected chi connectivity index (χ0v) is 18.0. The third-order valence-electron chi connectivity index (χ3n) is 6.69. The van der Waals surface area contributed by atoms with Crippen LogP contribution in [0, 0.1) is 11.3 Å². The van der Waals surface area contributed by atoms with E-state index in [9.17, 15) is 15.0 Å². The van der Waals surface area contributed by atoms with Gasteiger partial charge in [0, 0.05) is 43.5 Å². The number of carboxylic acid groups (broad SMARTS) is 1. The summed E-state index contributed by atoms with van der Waals surface area (Å²) >= 11 is 0. The Balaban J connectivity index is 1.44. The molecule has 2 aliphatic rings. The molecule has 0 aliphatic carbocycles. The zero-order chi connectivity index (χ0) is 22.7. The summed E-state index contributed by atoms with van der Waals surface area (Å²) in [4.78, 5) is 20.0. The third kappa shape index (κ3) is 4.54. The van der Waals surface area contributed by atoms with Gasteiger partial charge in [0.1, 0.15) is 18.5 Å². The van der Waals surface area contributed by atoms with Crippen LogP contribution in [-0.4, -0.2) is 75.0 Å². The third-order valence-corrected chi connectivity index (χ3v) is 6.69. The van der Waals surface area contributed by atoms with Gasteiger partial charge in [-0.05, 0) is 54.8 Å². The van der Waals surface area contributed by atoms with Crippen LogP contribution in [0.5, 0.6) is 5.75 Å². The summed E-state index contributed by atoms with van der Waals surface area (Å²) in [5.74, 6) is 0.610. The minimum atomic E-state index is -0.892. The number of likely N-dealkylation sites (tertiary alicyclic amines) is 1. The number of amides is 1. The van der Waals surface area contributed by atoms with Gasteiger partial charge < -0.3 is 19.8 Å². The van der Waals surface area contributed by atoms with Crippen molar-refractivity contribution in [3.63, 3.8) is 0 Å². The van der Waals surface area contributed by atoms with E-state index in [2.05, 4.69) is 22.9 Å². The molecule has 2 aromatic rings. The quantitative estimate of drug-likeness (QED) is 0.687. The lowest BCUT2D eigenvalue weighted by molar-refractivity contribution is -0.0179. The first-order valence-electron chi connectivity index (χ1n) is 10.9. The number of carbonyl (C=O) groups is 1. The number of nitrogens with zero attached hydrogens (tertiary/aromatic N) is 4. The van der Waals surface area contributed by atoms with Crippen LogP contribution in [0.1, 0.15) is 36.8 Å². The fraction of sp³-hybridized carbons (Fsp3) is 0.458. The Morgan fingerprint density at radius 3 is 2.62 bits per heavy atom. The molecule has 0 spiro atoms. The minimum absolute atomic E-state index is 0.00712. The van der Waals surface area contributed by atoms with Crippen LogP contribution in [-0.2, 0) is 0 Å². The highest BCUT2D eigenvalue weighted by Crippen LogP contribution is 2.40. The summed E-state index contributed by atoms with van der Waals surface area (Å²) in [6, 6.07) is 12.7. The summed E-state index contributed by atoms with van der Waals surface area (Å²) < 4.78 is 5.71. The number of pyridine rings is 1. The van der Waals surface area contributed by atoms with Crippen LogP contribution in [0.3, 0.4) is 0 Å². The highest BCUT2D eigenvalue weighted by atomic mass is 16.5. The molecule has 5 atom stereocenters. The van der Waals surface area contributed by atoms with E-state index in [1.54, 1.807) is 41.6 Å². The number of rotatable bonds is 7. The number of aliphatic hydroxyl groups is 1. The van der Waals surface area contributed by atoms with Crippen LogP contribution < -0.4 is 4.74 Å². The van der Waals surface area contributed by atoms with Crippen molar-refractivity contribution in [3.8, 4) is 11.8 Å². The molecule has 0 radical (unpaired) electrons. The molecule has 2 N–H and O–H groups in total. The van der Waals surface area contributed by atoms with Crippen molar-refractivity contribution in [1.29, 1.82) is 5.26 Å². The summed E-state index contributed by atoms with van der Waals surface area (Å²) in [6.07, 6.45) is 3.69. The maximum absolute atomic E-state index is 12.1. The lowest BCUT2D eigenvalue weighted by Gasteiger charge is -2.48. The Hall–Kier alpha value is -3.15. The average molecular weight is 437 g/mol. The number of aromatic nitrogens is 1. The molecule has 1 aromatic heterocycles. The van der Waals surface area contributed by atoms with Gasteiger partial charge in [-0.1, -0.05) is 6.92 Å². The predicted molar refractivity (Wildman–Crippen MR) is 117 cm³/mol. The second-order valence-corrected chi connectivity index (χ2v) is 8.59. The fourth-order valence-corrected chi connectivity index (χ4v) is 5.16. The van der Waals surface area contributed by atoms with Gasteiger partial charge in [0.15, 0.2) is 0 Å². The van der Waals surface area contributed by atoms with E-state index in [0.717, 1.165) is 18.4 Å². The second kappa shape index (κ2) is 9.55. The molecule has 0 saturated carbocycles. The molecule has 5 unspecified atom stereocenters. The molecule has 2 saturated heterocycles. The second-order valence-electron chi connectivity index (χ2n) is 8.59. The van der Waals surface area contributed by atoms with E-state index in [-0.39, 0.29) is 30.7 Å². The molecule has 8 nitrogen and oxygen atoms in total. The van der Waals surface area contributed by atoms with E-state index in [1.807, 2.05) is 12.1 Å². The molecule has 168 valence electrons. The van der Waals surface area contributed by atoms with Crippen molar-refractivity contribution < 1.29 is 19.7 Å². The Morgan fingerprint density at radius 2 is 1.97 bits per heavy atom. The lowest BCUT2D eigenvalue weighted by atomic mass is 9.86. The number of hydrogen-bond acceptors (Lipinski definition) is 6. The van der Waals surface area contributed by atoms with Crippen LogP contribution in [0.2, 0.25) is 0 Å². The van der Waals surface area contributed by atoms with Crippen molar-refractivity contribution in [2.24, 2.45) is 0 Å². The van der Waals surface area contributed by atoms with Gasteiger partial charge in [-0.3, -0.25) is 9.88 Å². The van der Waals surface area contributed by atoms with Gasteiger partial charge in [-0.2, -0.15) is 5.26 Å². The van der Waals surface area contributed by atoms with Crippen molar-refractivity contribution in [2.75, 3.05) is 19.7 Å². The predicted octanol–water partition coefficient (Wildman–Crippen LogP) is 2.69. The lowest BCUT2D eigenvalue weighted by Crippen LogP contribution is -2.63. The Kier molecular flexibility index (Phi) is 6.58. The number of nitriles is 1. The Morgan fingerprint density at radius 1 is 1.25 bits per heavy atom. The molecule has 2 aliphatic heterocycles. The molecule has 2 fully saturated rings. The van der Waals surface area contributed by atoms with Gasteiger partial charge in [0.25, 0.3) is 0 Å².